The fourth-order valence-electron chi connectivity index (χ4n) is 2.96. The Kier molecular flexibility index (Phi) is 3.97. The first-order valence-corrected chi connectivity index (χ1v) is 8.85. The van der Waals surface area contributed by atoms with E-state index in [-0.39, 0.29) is 0 Å². The van der Waals surface area contributed by atoms with E-state index in [4.69, 9.17) is 4.74 Å². The summed E-state index contributed by atoms with van der Waals surface area (Å²) >= 11 is 1.64. The standard InChI is InChI=1S/C19H18N4OS/c1-11-8-12(2)23-19-15(11)16-17(25-19)18(22-10-21-16)20-9-13-4-6-14(24-3)7-5-13/h4-8,10H,9H2,1-3H3,(H,20,21,22). The summed E-state index contributed by atoms with van der Waals surface area (Å²) in [6, 6.07) is 10.1. The molecule has 1 aromatic carbocycles. The van der Waals surface area contributed by atoms with E-state index >= 15 is 0 Å². The number of fused-ring (bicyclic) bond motifs is 3. The number of pyridine rings is 1. The Morgan fingerprint density at radius 3 is 2.68 bits per heavy atom. The van der Waals surface area contributed by atoms with Gasteiger partial charge in [-0.2, -0.15) is 0 Å². The predicted octanol–water partition coefficient (Wildman–Crippen LogP) is 4.48. The van der Waals surface area contributed by atoms with Crippen LogP contribution in [0.2, 0.25) is 0 Å². The maximum Gasteiger partial charge on any atom is 0.147 e. The minimum absolute atomic E-state index is 0.690. The van der Waals surface area contributed by atoms with Crippen molar-refractivity contribution in [3.63, 3.8) is 0 Å². The van der Waals surface area contributed by atoms with Crippen LogP contribution in [0.4, 0.5) is 5.82 Å². The lowest BCUT2D eigenvalue weighted by Gasteiger charge is -2.07. The normalized spacial score (nSPS) is 11.2. The molecular formula is C19H18N4OS. The van der Waals surface area contributed by atoms with Crippen molar-refractivity contribution in [1.82, 2.24) is 15.0 Å². The van der Waals surface area contributed by atoms with Gasteiger partial charge in [0.15, 0.2) is 0 Å². The topological polar surface area (TPSA) is 59.9 Å². The van der Waals surface area contributed by atoms with Crippen LogP contribution in [0.3, 0.4) is 0 Å². The number of rotatable bonds is 4. The van der Waals surface area contributed by atoms with Gasteiger partial charge in [0.05, 0.1) is 17.3 Å². The molecule has 0 bridgehead atoms. The average molecular weight is 350 g/mol. The SMILES string of the molecule is COc1ccc(CNc2ncnc3c2sc2nc(C)cc(C)c23)cc1. The van der Waals surface area contributed by atoms with E-state index in [1.54, 1.807) is 24.8 Å². The van der Waals surface area contributed by atoms with Crippen LogP contribution in [-0.2, 0) is 6.54 Å². The van der Waals surface area contributed by atoms with Crippen molar-refractivity contribution in [3.8, 4) is 5.75 Å². The first kappa shape index (κ1) is 15.8. The van der Waals surface area contributed by atoms with E-state index in [1.807, 2.05) is 31.2 Å². The fraction of sp³-hybridized carbons (Fsp3) is 0.211. The van der Waals surface area contributed by atoms with Crippen LogP contribution in [0.5, 0.6) is 5.75 Å². The number of anilines is 1. The van der Waals surface area contributed by atoms with Gasteiger partial charge in [0.25, 0.3) is 0 Å². The number of nitrogens with one attached hydrogen (secondary N) is 1. The summed E-state index contributed by atoms with van der Waals surface area (Å²) < 4.78 is 6.25. The van der Waals surface area contributed by atoms with Crippen LogP contribution in [-0.4, -0.2) is 22.1 Å². The number of aromatic nitrogens is 3. The Morgan fingerprint density at radius 1 is 1.12 bits per heavy atom. The van der Waals surface area contributed by atoms with Crippen LogP contribution in [0.15, 0.2) is 36.7 Å². The molecule has 0 atom stereocenters. The van der Waals surface area contributed by atoms with Crippen molar-refractivity contribution in [1.29, 1.82) is 0 Å². The van der Waals surface area contributed by atoms with Gasteiger partial charge < -0.3 is 10.1 Å². The zero-order valence-electron chi connectivity index (χ0n) is 14.3. The van der Waals surface area contributed by atoms with Crippen molar-refractivity contribution in [3.05, 3.63) is 53.5 Å². The van der Waals surface area contributed by atoms with E-state index in [1.165, 1.54) is 11.1 Å². The number of hydrogen-bond donors (Lipinski definition) is 1. The molecule has 0 aliphatic rings. The lowest BCUT2D eigenvalue weighted by Crippen LogP contribution is -2.01. The molecule has 0 saturated carbocycles. The van der Waals surface area contributed by atoms with Gasteiger partial charge >= 0.3 is 0 Å². The summed E-state index contributed by atoms with van der Waals surface area (Å²) in [6.07, 6.45) is 1.62. The molecule has 3 aromatic heterocycles. The maximum atomic E-state index is 5.20. The third-order valence-corrected chi connectivity index (χ3v) is 5.25. The first-order chi connectivity index (χ1) is 12.2. The molecule has 0 fully saturated rings. The number of methoxy groups -OCH3 is 1. The van der Waals surface area contributed by atoms with E-state index in [2.05, 4.69) is 33.3 Å². The maximum absolute atomic E-state index is 5.20. The Balaban J connectivity index is 1.70. The first-order valence-electron chi connectivity index (χ1n) is 8.04. The highest BCUT2D eigenvalue weighted by molar-refractivity contribution is 7.26. The van der Waals surface area contributed by atoms with Gasteiger partial charge in [-0.05, 0) is 43.2 Å². The second-order valence-electron chi connectivity index (χ2n) is 5.96. The molecule has 3 heterocycles. The smallest absolute Gasteiger partial charge is 0.147 e. The van der Waals surface area contributed by atoms with Crippen LogP contribution >= 0.6 is 11.3 Å². The van der Waals surface area contributed by atoms with E-state index in [9.17, 15) is 0 Å². The van der Waals surface area contributed by atoms with Crippen LogP contribution < -0.4 is 10.1 Å². The van der Waals surface area contributed by atoms with Crippen molar-refractivity contribution in [2.24, 2.45) is 0 Å². The Bertz CT molecular complexity index is 1060. The fourth-order valence-corrected chi connectivity index (χ4v) is 4.18. The summed E-state index contributed by atoms with van der Waals surface area (Å²) in [7, 11) is 1.67. The van der Waals surface area contributed by atoms with E-state index < -0.39 is 0 Å². The van der Waals surface area contributed by atoms with Crippen LogP contribution in [0.25, 0.3) is 20.4 Å². The molecule has 1 N–H and O–H groups in total. The molecule has 6 heteroatoms. The van der Waals surface area contributed by atoms with Crippen molar-refractivity contribution in [2.45, 2.75) is 20.4 Å². The Hall–Kier alpha value is -2.73. The molecule has 0 spiro atoms. The molecule has 0 aliphatic heterocycles. The highest BCUT2D eigenvalue weighted by Crippen LogP contribution is 2.36. The number of nitrogens with zero attached hydrogens (tertiary/aromatic N) is 3. The summed E-state index contributed by atoms with van der Waals surface area (Å²) in [6.45, 7) is 4.82. The number of thiophene rings is 1. The highest BCUT2D eigenvalue weighted by Gasteiger charge is 2.14. The van der Waals surface area contributed by atoms with Crippen molar-refractivity contribution < 1.29 is 4.74 Å². The minimum atomic E-state index is 0.690. The van der Waals surface area contributed by atoms with Gasteiger partial charge in [0.1, 0.15) is 22.7 Å². The largest absolute Gasteiger partial charge is 0.497 e. The van der Waals surface area contributed by atoms with E-state index in [0.29, 0.717) is 6.54 Å². The summed E-state index contributed by atoms with van der Waals surface area (Å²) in [4.78, 5) is 14.6. The molecule has 0 saturated heterocycles. The third-order valence-electron chi connectivity index (χ3n) is 4.17. The third kappa shape index (κ3) is 2.89. The molecule has 5 nitrogen and oxygen atoms in total. The van der Waals surface area contributed by atoms with Gasteiger partial charge in [-0.3, -0.25) is 0 Å². The number of ether oxygens (including phenoxy) is 1. The van der Waals surface area contributed by atoms with Gasteiger partial charge in [-0.1, -0.05) is 12.1 Å². The summed E-state index contributed by atoms with van der Waals surface area (Å²) in [5.74, 6) is 1.70. The zero-order valence-corrected chi connectivity index (χ0v) is 15.1. The minimum Gasteiger partial charge on any atom is -0.497 e. The van der Waals surface area contributed by atoms with Gasteiger partial charge in [0, 0.05) is 17.6 Å². The van der Waals surface area contributed by atoms with Crippen LogP contribution in [0, 0.1) is 13.8 Å². The molecule has 4 aromatic rings. The van der Waals surface area contributed by atoms with Gasteiger partial charge in [0.2, 0.25) is 0 Å². The van der Waals surface area contributed by atoms with E-state index in [0.717, 1.165) is 37.7 Å². The Morgan fingerprint density at radius 2 is 1.92 bits per heavy atom. The zero-order chi connectivity index (χ0) is 17.4. The lowest BCUT2D eigenvalue weighted by atomic mass is 10.1. The molecule has 4 rings (SSSR count). The quantitative estimate of drug-likeness (QED) is 0.588. The van der Waals surface area contributed by atoms with Gasteiger partial charge in [-0.15, -0.1) is 11.3 Å². The molecular weight excluding hydrogens is 332 g/mol. The second-order valence-corrected chi connectivity index (χ2v) is 6.96. The molecule has 0 aliphatic carbocycles. The van der Waals surface area contributed by atoms with Crippen molar-refractivity contribution in [2.75, 3.05) is 12.4 Å². The molecule has 0 unspecified atom stereocenters. The number of benzene rings is 1. The summed E-state index contributed by atoms with van der Waals surface area (Å²) in [5.41, 5.74) is 4.36. The number of hydrogen-bond acceptors (Lipinski definition) is 6. The number of aryl methyl sites for hydroxylation is 2. The monoisotopic (exact) mass is 350 g/mol. The predicted molar refractivity (Wildman–Crippen MR) is 103 cm³/mol. The van der Waals surface area contributed by atoms with Crippen molar-refractivity contribution >= 4 is 37.6 Å². The highest BCUT2D eigenvalue weighted by atomic mass is 32.1. The molecule has 0 amide bonds. The molecule has 0 radical (unpaired) electrons. The average Bonchev–Trinajstić information content (AvgIpc) is 2.99. The second kappa shape index (κ2) is 6.29. The Labute approximate surface area is 149 Å². The van der Waals surface area contributed by atoms with Gasteiger partial charge in [-0.25, -0.2) is 15.0 Å². The molecule has 126 valence electrons. The molecule has 25 heavy (non-hydrogen) atoms. The van der Waals surface area contributed by atoms with Crippen LogP contribution in [0.1, 0.15) is 16.8 Å². The lowest BCUT2D eigenvalue weighted by molar-refractivity contribution is 0.414. The summed E-state index contributed by atoms with van der Waals surface area (Å²) in [5, 5.41) is 4.55.